The van der Waals surface area contributed by atoms with Crippen LogP contribution in [0.3, 0.4) is 0 Å². The highest BCUT2D eigenvalue weighted by Crippen LogP contribution is 2.27. The van der Waals surface area contributed by atoms with E-state index in [1.807, 2.05) is 6.07 Å². The second-order valence-electron chi connectivity index (χ2n) is 6.70. The van der Waals surface area contributed by atoms with E-state index in [2.05, 4.69) is 37.4 Å². The number of guanidine groups is 1. The number of piperidine rings is 1. The Balaban J connectivity index is 0.00000243. The van der Waals surface area contributed by atoms with Gasteiger partial charge in [0.25, 0.3) is 0 Å². The van der Waals surface area contributed by atoms with Crippen LogP contribution in [-0.2, 0) is 0 Å². The highest BCUT2D eigenvalue weighted by Gasteiger charge is 2.31. The summed E-state index contributed by atoms with van der Waals surface area (Å²) >= 11 is 1.80. The molecular weight excluding hydrogens is 463 g/mol. The topological polar surface area (TPSA) is 85.7 Å². The number of halogens is 1. The van der Waals surface area contributed by atoms with Crippen molar-refractivity contribution >= 4 is 47.6 Å². The Morgan fingerprint density at radius 2 is 2.27 bits per heavy atom. The van der Waals surface area contributed by atoms with E-state index in [9.17, 15) is 5.11 Å². The smallest absolute Gasteiger partial charge is 0.225 e. The zero-order chi connectivity index (χ0) is 17.5. The number of rotatable bonds is 5. The number of aromatic nitrogens is 2. The third kappa shape index (κ3) is 6.12. The van der Waals surface area contributed by atoms with Crippen LogP contribution in [0.1, 0.15) is 26.2 Å². The van der Waals surface area contributed by atoms with Crippen LogP contribution < -0.4 is 15.5 Å². The van der Waals surface area contributed by atoms with Crippen LogP contribution in [0.25, 0.3) is 0 Å². The van der Waals surface area contributed by atoms with Crippen molar-refractivity contribution in [1.82, 2.24) is 20.6 Å². The Morgan fingerprint density at radius 1 is 1.46 bits per heavy atom. The Morgan fingerprint density at radius 3 is 2.96 bits per heavy atom. The van der Waals surface area contributed by atoms with Crippen LogP contribution in [0, 0.1) is 0 Å². The van der Waals surface area contributed by atoms with Crippen molar-refractivity contribution in [3.8, 4) is 0 Å². The minimum absolute atomic E-state index is 0. The molecule has 2 saturated heterocycles. The Kier molecular flexibility index (Phi) is 8.68. The van der Waals surface area contributed by atoms with Gasteiger partial charge in [0.2, 0.25) is 5.95 Å². The molecule has 26 heavy (non-hydrogen) atoms. The number of hydrogen-bond donors (Lipinski definition) is 3. The molecule has 2 fully saturated rings. The number of nitrogens with one attached hydrogen (secondary N) is 2. The fourth-order valence-electron chi connectivity index (χ4n) is 3.19. The number of aliphatic hydroxyl groups is 1. The minimum atomic E-state index is -0.649. The largest absolute Gasteiger partial charge is 0.387 e. The lowest BCUT2D eigenvalue weighted by Crippen LogP contribution is -2.52. The van der Waals surface area contributed by atoms with Gasteiger partial charge in [0.1, 0.15) is 0 Å². The standard InChI is InChI=1S/C17H28N6OS.HI/c1-2-18-15(21-12-17(24)6-10-25-13-17)22-14-5-3-9-23(11-14)16-19-7-4-8-20-16;/h4,7-8,14,24H,2-3,5-6,9-13H2,1H3,(H2,18,21,22);1H. The molecule has 0 saturated carbocycles. The van der Waals surface area contributed by atoms with Crippen molar-refractivity contribution in [2.45, 2.75) is 37.8 Å². The normalized spacial score (nSPS) is 26.3. The van der Waals surface area contributed by atoms with Gasteiger partial charge < -0.3 is 20.6 Å². The molecule has 9 heteroatoms. The van der Waals surface area contributed by atoms with Crippen molar-refractivity contribution < 1.29 is 5.11 Å². The summed E-state index contributed by atoms with van der Waals surface area (Å²) in [7, 11) is 0. The van der Waals surface area contributed by atoms with Gasteiger partial charge >= 0.3 is 0 Å². The van der Waals surface area contributed by atoms with Gasteiger partial charge in [0.05, 0.1) is 12.1 Å². The average molecular weight is 492 g/mol. The third-order valence-corrected chi connectivity index (χ3v) is 5.79. The third-order valence-electron chi connectivity index (χ3n) is 4.56. The summed E-state index contributed by atoms with van der Waals surface area (Å²) in [4.78, 5) is 15.6. The first-order valence-corrected chi connectivity index (χ1v) is 10.2. The Bertz CT molecular complexity index is 570. The maximum atomic E-state index is 10.5. The van der Waals surface area contributed by atoms with Crippen LogP contribution in [0.2, 0.25) is 0 Å². The van der Waals surface area contributed by atoms with E-state index < -0.39 is 5.60 Å². The van der Waals surface area contributed by atoms with Crippen LogP contribution in [0.5, 0.6) is 0 Å². The monoisotopic (exact) mass is 492 g/mol. The summed E-state index contributed by atoms with van der Waals surface area (Å²) in [6.07, 6.45) is 6.57. The predicted molar refractivity (Wildman–Crippen MR) is 119 cm³/mol. The summed E-state index contributed by atoms with van der Waals surface area (Å²) in [5.41, 5.74) is -0.649. The van der Waals surface area contributed by atoms with Crippen LogP contribution in [0.15, 0.2) is 23.5 Å². The molecule has 0 aromatic carbocycles. The van der Waals surface area contributed by atoms with E-state index in [1.165, 1.54) is 0 Å². The van der Waals surface area contributed by atoms with E-state index in [1.54, 1.807) is 24.2 Å². The van der Waals surface area contributed by atoms with Gasteiger partial charge in [-0.15, -0.1) is 24.0 Å². The number of nitrogens with zero attached hydrogens (tertiary/aromatic N) is 4. The van der Waals surface area contributed by atoms with Crippen molar-refractivity contribution in [2.75, 3.05) is 42.6 Å². The molecule has 3 rings (SSSR count). The lowest BCUT2D eigenvalue weighted by Gasteiger charge is -2.34. The molecule has 2 unspecified atom stereocenters. The zero-order valence-corrected chi connectivity index (χ0v) is 18.4. The van der Waals surface area contributed by atoms with Gasteiger partial charge in [-0.05, 0) is 38.0 Å². The van der Waals surface area contributed by atoms with Gasteiger partial charge in [0.15, 0.2) is 5.96 Å². The van der Waals surface area contributed by atoms with E-state index in [4.69, 9.17) is 0 Å². The fourth-order valence-corrected chi connectivity index (χ4v) is 4.48. The summed E-state index contributed by atoms with van der Waals surface area (Å²) in [5.74, 6) is 3.37. The second-order valence-corrected chi connectivity index (χ2v) is 7.81. The van der Waals surface area contributed by atoms with E-state index in [0.29, 0.717) is 12.6 Å². The second kappa shape index (κ2) is 10.5. The Labute approximate surface area is 176 Å². The molecule has 0 aliphatic carbocycles. The molecule has 7 nitrogen and oxygen atoms in total. The van der Waals surface area contributed by atoms with E-state index in [0.717, 1.165) is 62.3 Å². The maximum absolute atomic E-state index is 10.5. The quantitative estimate of drug-likeness (QED) is 0.326. The van der Waals surface area contributed by atoms with Gasteiger partial charge in [-0.25, -0.2) is 9.97 Å². The van der Waals surface area contributed by atoms with Gasteiger partial charge in [0, 0.05) is 43.8 Å². The Hall–Kier alpha value is -0.810. The lowest BCUT2D eigenvalue weighted by atomic mass is 10.0. The molecule has 0 spiro atoms. The summed E-state index contributed by atoms with van der Waals surface area (Å²) in [6.45, 7) is 5.15. The van der Waals surface area contributed by atoms with Crippen LogP contribution in [0.4, 0.5) is 5.95 Å². The first kappa shape index (κ1) is 21.5. The van der Waals surface area contributed by atoms with Crippen LogP contribution >= 0.6 is 35.7 Å². The zero-order valence-electron chi connectivity index (χ0n) is 15.2. The molecule has 146 valence electrons. The molecule has 2 atom stereocenters. The number of hydrogen-bond acceptors (Lipinski definition) is 6. The molecule has 0 bridgehead atoms. The molecule has 0 radical (unpaired) electrons. The number of aliphatic imine (C=N–C) groups is 1. The highest BCUT2D eigenvalue weighted by molar-refractivity contribution is 14.0. The molecule has 3 N–H and O–H groups in total. The molecule has 1 aromatic rings. The van der Waals surface area contributed by atoms with Crippen molar-refractivity contribution in [1.29, 1.82) is 0 Å². The summed E-state index contributed by atoms with van der Waals surface area (Å²) in [5, 5.41) is 17.3. The molecular formula is C17H29IN6OS. The molecule has 3 heterocycles. The average Bonchev–Trinajstić information content (AvgIpc) is 3.08. The molecule has 2 aliphatic rings. The fraction of sp³-hybridized carbons (Fsp3) is 0.706. The van der Waals surface area contributed by atoms with Crippen molar-refractivity contribution in [3.63, 3.8) is 0 Å². The summed E-state index contributed by atoms with van der Waals surface area (Å²) in [6, 6.07) is 2.13. The number of thioether (sulfide) groups is 1. The van der Waals surface area contributed by atoms with Gasteiger partial charge in [-0.3, -0.25) is 4.99 Å². The van der Waals surface area contributed by atoms with Crippen molar-refractivity contribution in [2.24, 2.45) is 4.99 Å². The highest BCUT2D eigenvalue weighted by atomic mass is 127. The first-order valence-electron chi connectivity index (χ1n) is 9.05. The lowest BCUT2D eigenvalue weighted by molar-refractivity contribution is 0.0778. The van der Waals surface area contributed by atoms with E-state index >= 15 is 0 Å². The minimum Gasteiger partial charge on any atom is -0.387 e. The maximum Gasteiger partial charge on any atom is 0.225 e. The van der Waals surface area contributed by atoms with E-state index in [-0.39, 0.29) is 24.0 Å². The molecule has 2 aliphatic heterocycles. The number of anilines is 1. The first-order chi connectivity index (χ1) is 12.2. The predicted octanol–water partition coefficient (Wildman–Crippen LogP) is 1.49. The molecule has 1 aromatic heterocycles. The van der Waals surface area contributed by atoms with Crippen molar-refractivity contribution in [3.05, 3.63) is 18.5 Å². The molecule has 0 amide bonds. The summed E-state index contributed by atoms with van der Waals surface area (Å²) < 4.78 is 0. The van der Waals surface area contributed by atoms with Gasteiger partial charge in [-0.1, -0.05) is 0 Å². The van der Waals surface area contributed by atoms with Crippen LogP contribution in [-0.4, -0.2) is 70.4 Å². The SMILES string of the molecule is CCNC(=NCC1(O)CCSC1)NC1CCCN(c2ncccn2)C1.I. The van der Waals surface area contributed by atoms with Gasteiger partial charge in [-0.2, -0.15) is 11.8 Å².